The highest BCUT2D eigenvalue weighted by atomic mass is 19.1. The molecule has 1 nitrogen and oxygen atoms in total. The third kappa shape index (κ3) is 5.13. The van der Waals surface area contributed by atoms with Gasteiger partial charge in [-0.15, -0.1) is 0 Å². The zero-order valence-corrected chi connectivity index (χ0v) is 11.7. The van der Waals surface area contributed by atoms with E-state index in [1.807, 2.05) is 0 Å². The molecule has 1 aromatic rings. The lowest BCUT2D eigenvalue weighted by Gasteiger charge is -2.27. The maximum absolute atomic E-state index is 13.3. The first-order valence-corrected chi connectivity index (χ1v) is 6.51. The Bertz CT molecular complexity index is 362. The van der Waals surface area contributed by atoms with Gasteiger partial charge in [-0.25, -0.2) is 8.78 Å². The van der Waals surface area contributed by atoms with E-state index in [0.717, 1.165) is 25.5 Å². The van der Waals surface area contributed by atoms with Crippen molar-refractivity contribution in [2.24, 2.45) is 5.41 Å². The Kier molecular flexibility index (Phi) is 5.27. The Hall–Kier alpha value is -0.960. The fourth-order valence-corrected chi connectivity index (χ4v) is 2.02. The monoisotopic (exact) mass is 255 g/mol. The first-order valence-electron chi connectivity index (χ1n) is 6.51. The molecule has 1 unspecified atom stereocenters. The average molecular weight is 255 g/mol. The highest BCUT2D eigenvalue weighted by Crippen LogP contribution is 2.30. The molecule has 0 radical (unpaired) electrons. The minimum Gasteiger partial charge on any atom is -0.310 e. The molecule has 0 spiro atoms. The lowest BCUT2D eigenvalue weighted by molar-refractivity contribution is 0.310. The van der Waals surface area contributed by atoms with Crippen LogP contribution in [0.5, 0.6) is 0 Å². The molecule has 102 valence electrons. The molecule has 0 heterocycles. The van der Waals surface area contributed by atoms with Gasteiger partial charge in [-0.1, -0.05) is 27.7 Å². The number of halogens is 2. The predicted octanol–water partition coefficient (Wildman–Crippen LogP) is 4.44. The van der Waals surface area contributed by atoms with Gasteiger partial charge in [0.25, 0.3) is 0 Å². The zero-order chi connectivity index (χ0) is 13.8. The Balaban J connectivity index is 2.93. The molecule has 0 saturated heterocycles. The second-order valence-electron chi connectivity index (χ2n) is 5.97. The van der Waals surface area contributed by atoms with E-state index in [1.165, 1.54) is 12.1 Å². The molecule has 1 atom stereocenters. The molecular formula is C15H23F2N. The summed E-state index contributed by atoms with van der Waals surface area (Å²) in [6.45, 7) is 9.31. The van der Waals surface area contributed by atoms with Crippen LogP contribution in [0.1, 0.15) is 52.1 Å². The molecule has 0 saturated carbocycles. The minimum atomic E-state index is -0.512. The predicted molar refractivity (Wildman–Crippen MR) is 71.5 cm³/mol. The van der Waals surface area contributed by atoms with E-state index in [4.69, 9.17) is 0 Å². The number of benzene rings is 1. The zero-order valence-electron chi connectivity index (χ0n) is 11.7. The van der Waals surface area contributed by atoms with Crippen molar-refractivity contribution in [2.45, 2.75) is 46.6 Å². The van der Waals surface area contributed by atoms with Gasteiger partial charge >= 0.3 is 0 Å². The van der Waals surface area contributed by atoms with Gasteiger partial charge in [-0.05, 0) is 42.5 Å². The summed E-state index contributed by atoms with van der Waals surface area (Å²) in [6, 6.07) is 3.75. The van der Waals surface area contributed by atoms with Gasteiger partial charge in [0, 0.05) is 12.1 Å². The van der Waals surface area contributed by atoms with Crippen molar-refractivity contribution in [1.29, 1.82) is 0 Å². The van der Waals surface area contributed by atoms with Crippen LogP contribution in [0.3, 0.4) is 0 Å². The van der Waals surface area contributed by atoms with Crippen LogP contribution in [0.4, 0.5) is 8.78 Å². The smallest absolute Gasteiger partial charge is 0.126 e. The molecule has 0 amide bonds. The third-order valence-corrected chi connectivity index (χ3v) is 2.74. The summed E-state index contributed by atoms with van der Waals surface area (Å²) in [7, 11) is 0. The van der Waals surface area contributed by atoms with Gasteiger partial charge in [0.2, 0.25) is 0 Å². The van der Waals surface area contributed by atoms with Gasteiger partial charge in [0.05, 0.1) is 0 Å². The lowest BCUT2D eigenvalue weighted by atomic mass is 9.85. The summed E-state index contributed by atoms with van der Waals surface area (Å²) in [6.07, 6.45) is 1.84. The quantitative estimate of drug-likeness (QED) is 0.820. The van der Waals surface area contributed by atoms with Crippen molar-refractivity contribution < 1.29 is 8.78 Å². The van der Waals surface area contributed by atoms with Gasteiger partial charge in [-0.2, -0.15) is 0 Å². The molecule has 0 fully saturated rings. The largest absolute Gasteiger partial charge is 0.310 e. The summed E-state index contributed by atoms with van der Waals surface area (Å²) >= 11 is 0. The Morgan fingerprint density at radius 3 is 2.11 bits per heavy atom. The summed E-state index contributed by atoms with van der Waals surface area (Å²) in [5.74, 6) is -1.02. The van der Waals surface area contributed by atoms with Crippen LogP contribution in [0.2, 0.25) is 0 Å². The van der Waals surface area contributed by atoms with Crippen molar-refractivity contribution in [3.8, 4) is 0 Å². The molecule has 0 bridgehead atoms. The molecule has 0 aliphatic carbocycles. The lowest BCUT2D eigenvalue weighted by Crippen LogP contribution is -2.26. The Labute approximate surface area is 109 Å². The minimum absolute atomic E-state index is 0.00449. The second-order valence-corrected chi connectivity index (χ2v) is 5.97. The number of nitrogens with one attached hydrogen (secondary N) is 1. The highest BCUT2D eigenvalue weighted by Gasteiger charge is 2.20. The average Bonchev–Trinajstić information content (AvgIpc) is 2.21. The van der Waals surface area contributed by atoms with Crippen LogP contribution in [0.25, 0.3) is 0 Å². The molecule has 1 aromatic carbocycles. The van der Waals surface area contributed by atoms with Crippen LogP contribution in [0, 0.1) is 17.0 Å². The maximum atomic E-state index is 13.3. The SMILES string of the molecule is CCCNC(CC(C)(C)C)c1cc(F)cc(F)c1. The second kappa shape index (κ2) is 6.28. The fourth-order valence-electron chi connectivity index (χ4n) is 2.02. The highest BCUT2D eigenvalue weighted by molar-refractivity contribution is 5.21. The number of rotatable bonds is 5. The van der Waals surface area contributed by atoms with E-state index in [0.29, 0.717) is 5.56 Å². The summed E-state index contributed by atoms with van der Waals surface area (Å²) in [4.78, 5) is 0. The molecule has 0 aliphatic rings. The van der Waals surface area contributed by atoms with Crippen LogP contribution in [-0.4, -0.2) is 6.54 Å². The first kappa shape index (κ1) is 15.1. The van der Waals surface area contributed by atoms with Gasteiger partial charge < -0.3 is 5.32 Å². The van der Waals surface area contributed by atoms with E-state index in [2.05, 4.69) is 33.0 Å². The summed E-state index contributed by atoms with van der Waals surface area (Å²) in [5.41, 5.74) is 0.796. The standard InChI is InChI=1S/C15H23F2N/c1-5-6-18-14(10-15(2,3)4)11-7-12(16)9-13(17)8-11/h7-9,14,18H,5-6,10H2,1-4H3. The molecule has 0 aliphatic heterocycles. The van der Waals surface area contributed by atoms with E-state index >= 15 is 0 Å². The van der Waals surface area contributed by atoms with Crippen molar-refractivity contribution in [1.82, 2.24) is 5.32 Å². The van der Waals surface area contributed by atoms with Crippen molar-refractivity contribution >= 4 is 0 Å². The van der Waals surface area contributed by atoms with E-state index in [-0.39, 0.29) is 11.5 Å². The normalized spacial score (nSPS) is 13.7. The molecule has 3 heteroatoms. The van der Waals surface area contributed by atoms with E-state index < -0.39 is 11.6 Å². The molecule has 1 rings (SSSR count). The van der Waals surface area contributed by atoms with Crippen LogP contribution in [0.15, 0.2) is 18.2 Å². The van der Waals surface area contributed by atoms with E-state index in [1.54, 1.807) is 0 Å². The molecule has 18 heavy (non-hydrogen) atoms. The Morgan fingerprint density at radius 2 is 1.67 bits per heavy atom. The summed E-state index contributed by atoms with van der Waals surface area (Å²) in [5, 5.41) is 3.36. The van der Waals surface area contributed by atoms with Crippen LogP contribution in [-0.2, 0) is 0 Å². The maximum Gasteiger partial charge on any atom is 0.126 e. The van der Waals surface area contributed by atoms with Crippen LogP contribution >= 0.6 is 0 Å². The van der Waals surface area contributed by atoms with Gasteiger partial charge in [0.15, 0.2) is 0 Å². The first-order chi connectivity index (χ1) is 8.31. The molecule has 1 N–H and O–H groups in total. The van der Waals surface area contributed by atoms with Crippen molar-refractivity contribution in [2.75, 3.05) is 6.54 Å². The van der Waals surface area contributed by atoms with E-state index in [9.17, 15) is 8.78 Å². The number of hydrogen-bond donors (Lipinski definition) is 1. The van der Waals surface area contributed by atoms with Crippen molar-refractivity contribution in [3.63, 3.8) is 0 Å². The van der Waals surface area contributed by atoms with Crippen LogP contribution < -0.4 is 5.32 Å². The van der Waals surface area contributed by atoms with Gasteiger partial charge in [0.1, 0.15) is 11.6 Å². The van der Waals surface area contributed by atoms with Crippen molar-refractivity contribution in [3.05, 3.63) is 35.4 Å². The number of hydrogen-bond acceptors (Lipinski definition) is 1. The summed E-state index contributed by atoms with van der Waals surface area (Å²) < 4.78 is 26.6. The Morgan fingerprint density at radius 1 is 1.11 bits per heavy atom. The topological polar surface area (TPSA) is 12.0 Å². The molecular weight excluding hydrogens is 232 g/mol. The molecule has 0 aromatic heterocycles. The van der Waals surface area contributed by atoms with Gasteiger partial charge in [-0.3, -0.25) is 0 Å². The fraction of sp³-hybridized carbons (Fsp3) is 0.600. The third-order valence-electron chi connectivity index (χ3n) is 2.74.